The van der Waals surface area contributed by atoms with Crippen molar-refractivity contribution in [3.05, 3.63) is 101 Å². The molecule has 1 heterocycles. The number of benzene rings is 3. The summed E-state index contributed by atoms with van der Waals surface area (Å²) >= 11 is 0. The fourth-order valence-corrected chi connectivity index (χ4v) is 3.71. The molecule has 0 fully saturated rings. The number of carbonyl (C=O) groups excluding carboxylic acids is 1. The highest BCUT2D eigenvalue weighted by atomic mass is 16.5. The molecule has 4 heteroatoms. The summed E-state index contributed by atoms with van der Waals surface area (Å²) in [6.45, 7) is 3.21. The monoisotopic (exact) mass is 384 g/mol. The highest BCUT2D eigenvalue weighted by Gasteiger charge is 2.20. The van der Waals surface area contributed by atoms with Crippen molar-refractivity contribution in [1.29, 1.82) is 0 Å². The maximum atomic E-state index is 13.2. The highest BCUT2D eigenvalue weighted by molar-refractivity contribution is 6.08. The van der Waals surface area contributed by atoms with Gasteiger partial charge in [0.15, 0.2) is 0 Å². The lowest BCUT2D eigenvalue weighted by Gasteiger charge is -2.09. The normalized spacial score (nSPS) is 10.8. The molecule has 4 aromatic rings. The summed E-state index contributed by atoms with van der Waals surface area (Å²) in [4.78, 5) is 13.2. The molecule has 0 saturated heterocycles. The first-order chi connectivity index (χ1) is 14.2. The first-order valence-electron chi connectivity index (χ1n) is 9.70. The quantitative estimate of drug-likeness (QED) is 0.512. The molecule has 1 amide bonds. The third-order valence-corrected chi connectivity index (χ3v) is 5.24. The van der Waals surface area contributed by atoms with E-state index in [-0.39, 0.29) is 5.91 Å². The van der Waals surface area contributed by atoms with Gasteiger partial charge in [0.1, 0.15) is 5.75 Å². The van der Waals surface area contributed by atoms with Crippen molar-refractivity contribution in [2.24, 2.45) is 0 Å². The van der Waals surface area contributed by atoms with Gasteiger partial charge in [-0.05, 0) is 36.2 Å². The van der Waals surface area contributed by atoms with Crippen LogP contribution >= 0.6 is 0 Å². The average molecular weight is 384 g/mol. The van der Waals surface area contributed by atoms with Gasteiger partial charge in [0.05, 0.1) is 12.7 Å². The molecule has 0 aliphatic carbocycles. The van der Waals surface area contributed by atoms with Crippen LogP contribution in [-0.2, 0) is 13.1 Å². The fraction of sp³-hybridized carbons (Fsp3) is 0.160. The van der Waals surface area contributed by atoms with Crippen LogP contribution in [0.5, 0.6) is 5.75 Å². The first-order valence-corrected chi connectivity index (χ1v) is 9.70. The number of hydrogen-bond donors (Lipinski definition) is 1. The summed E-state index contributed by atoms with van der Waals surface area (Å²) < 4.78 is 7.61. The number of hydrogen-bond acceptors (Lipinski definition) is 2. The molecule has 4 nitrogen and oxygen atoms in total. The zero-order chi connectivity index (χ0) is 20.2. The number of aromatic nitrogens is 1. The summed E-state index contributed by atoms with van der Waals surface area (Å²) in [7, 11) is 1.64. The van der Waals surface area contributed by atoms with Crippen LogP contribution in [0.1, 0.15) is 27.2 Å². The van der Waals surface area contributed by atoms with Gasteiger partial charge >= 0.3 is 0 Å². The number of carbonyl (C=O) groups is 1. The minimum absolute atomic E-state index is 0.0728. The topological polar surface area (TPSA) is 43.3 Å². The number of nitrogens with zero attached hydrogens (tertiary/aromatic N) is 1. The van der Waals surface area contributed by atoms with E-state index in [0.717, 1.165) is 27.9 Å². The van der Waals surface area contributed by atoms with Crippen molar-refractivity contribution in [2.75, 3.05) is 7.11 Å². The van der Waals surface area contributed by atoms with Crippen LogP contribution in [0.3, 0.4) is 0 Å². The lowest BCUT2D eigenvalue weighted by molar-refractivity contribution is 0.0951. The maximum absolute atomic E-state index is 13.2. The molecule has 1 aromatic heterocycles. The summed E-state index contributed by atoms with van der Waals surface area (Å²) in [5.41, 5.74) is 4.94. The Balaban J connectivity index is 1.73. The SMILES string of the molecule is COc1ccc2c(c1)c(C(=O)NCc1ccccc1)c(C)n2Cc1ccccc1. The second-order valence-electron chi connectivity index (χ2n) is 7.08. The van der Waals surface area contributed by atoms with Gasteiger partial charge < -0.3 is 14.6 Å². The number of amides is 1. The molecular formula is C25H24N2O2. The van der Waals surface area contributed by atoms with Crippen LogP contribution in [0.25, 0.3) is 10.9 Å². The van der Waals surface area contributed by atoms with Crippen molar-refractivity contribution in [3.63, 3.8) is 0 Å². The smallest absolute Gasteiger partial charge is 0.254 e. The Morgan fingerprint density at radius 2 is 1.59 bits per heavy atom. The molecule has 0 aliphatic heterocycles. The van der Waals surface area contributed by atoms with Crippen molar-refractivity contribution >= 4 is 16.8 Å². The zero-order valence-corrected chi connectivity index (χ0v) is 16.7. The second kappa shape index (κ2) is 8.23. The van der Waals surface area contributed by atoms with E-state index in [1.165, 1.54) is 5.56 Å². The molecule has 4 rings (SSSR count). The van der Waals surface area contributed by atoms with E-state index in [1.807, 2.05) is 73.7 Å². The molecule has 0 saturated carbocycles. The predicted octanol–water partition coefficient (Wildman–Crippen LogP) is 4.94. The van der Waals surface area contributed by atoms with E-state index in [4.69, 9.17) is 4.74 Å². The van der Waals surface area contributed by atoms with Crippen LogP contribution in [0.2, 0.25) is 0 Å². The zero-order valence-electron chi connectivity index (χ0n) is 16.7. The molecule has 1 N–H and O–H groups in total. The van der Waals surface area contributed by atoms with E-state index in [0.29, 0.717) is 18.7 Å². The Labute approximate surface area is 170 Å². The second-order valence-corrected chi connectivity index (χ2v) is 7.08. The van der Waals surface area contributed by atoms with E-state index in [2.05, 4.69) is 22.0 Å². The van der Waals surface area contributed by atoms with Crippen molar-refractivity contribution in [2.45, 2.75) is 20.0 Å². The van der Waals surface area contributed by atoms with Crippen molar-refractivity contribution in [1.82, 2.24) is 9.88 Å². The van der Waals surface area contributed by atoms with Gasteiger partial charge in [-0.25, -0.2) is 0 Å². The largest absolute Gasteiger partial charge is 0.497 e. The molecule has 0 spiro atoms. The summed E-state index contributed by atoms with van der Waals surface area (Å²) in [5.74, 6) is 0.669. The number of nitrogens with one attached hydrogen (secondary N) is 1. The molecule has 29 heavy (non-hydrogen) atoms. The fourth-order valence-electron chi connectivity index (χ4n) is 3.71. The van der Waals surface area contributed by atoms with Gasteiger partial charge in [0.25, 0.3) is 5.91 Å². The molecule has 0 unspecified atom stereocenters. The third-order valence-electron chi connectivity index (χ3n) is 5.24. The van der Waals surface area contributed by atoms with Crippen molar-refractivity contribution in [3.8, 4) is 5.75 Å². The first kappa shape index (κ1) is 18.8. The number of ether oxygens (including phenoxy) is 1. The standard InChI is InChI=1S/C25H24N2O2/c1-18-24(25(28)26-16-19-9-5-3-6-10-19)22-15-21(29-2)13-14-23(22)27(18)17-20-11-7-4-8-12-20/h3-15H,16-17H2,1-2H3,(H,26,28). The minimum atomic E-state index is -0.0728. The minimum Gasteiger partial charge on any atom is -0.497 e. The van der Waals surface area contributed by atoms with Gasteiger partial charge in [-0.1, -0.05) is 60.7 Å². The summed E-state index contributed by atoms with van der Waals surface area (Å²) in [6, 6.07) is 26.1. The van der Waals surface area contributed by atoms with Gasteiger partial charge in [0.2, 0.25) is 0 Å². The molecule has 0 atom stereocenters. The Morgan fingerprint density at radius 1 is 0.931 bits per heavy atom. The number of fused-ring (bicyclic) bond motifs is 1. The molecular weight excluding hydrogens is 360 g/mol. The van der Waals surface area contributed by atoms with Crippen LogP contribution in [0, 0.1) is 6.92 Å². The van der Waals surface area contributed by atoms with Gasteiger partial charge in [0, 0.05) is 29.7 Å². The average Bonchev–Trinajstić information content (AvgIpc) is 3.04. The Bertz CT molecular complexity index is 1130. The maximum Gasteiger partial charge on any atom is 0.254 e. The molecule has 146 valence electrons. The van der Waals surface area contributed by atoms with E-state index < -0.39 is 0 Å². The molecule has 0 radical (unpaired) electrons. The molecule has 0 bridgehead atoms. The molecule has 0 aliphatic rings. The van der Waals surface area contributed by atoms with Crippen LogP contribution in [-0.4, -0.2) is 17.6 Å². The third kappa shape index (κ3) is 3.87. The predicted molar refractivity (Wildman–Crippen MR) is 116 cm³/mol. The lowest BCUT2D eigenvalue weighted by atomic mass is 10.1. The van der Waals surface area contributed by atoms with E-state index in [9.17, 15) is 4.79 Å². The van der Waals surface area contributed by atoms with E-state index in [1.54, 1.807) is 7.11 Å². The van der Waals surface area contributed by atoms with E-state index >= 15 is 0 Å². The Hall–Kier alpha value is -3.53. The van der Waals surface area contributed by atoms with Gasteiger partial charge in [-0.2, -0.15) is 0 Å². The van der Waals surface area contributed by atoms with Crippen molar-refractivity contribution < 1.29 is 9.53 Å². The van der Waals surface area contributed by atoms with Gasteiger partial charge in [-0.15, -0.1) is 0 Å². The van der Waals surface area contributed by atoms with Crippen LogP contribution in [0.15, 0.2) is 78.9 Å². The summed E-state index contributed by atoms with van der Waals surface area (Å²) in [5, 5.41) is 3.98. The molecule has 3 aromatic carbocycles. The lowest BCUT2D eigenvalue weighted by Crippen LogP contribution is -2.23. The van der Waals surface area contributed by atoms with Crippen LogP contribution in [0.4, 0.5) is 0 Å². The number of rotatable bonds is 6. The summed E-state index contributed by atoms with van der Waals surface area (Å²) in [6.07, 6.45) is 0. The van der Waals surface area contributed by atoms with Gasteiger partial charge in [-0.3, -0.25) is 4.79 Å². The number of methoxy groups -OCH3 is 1. The Kier molecular flexibility index (Phi) is 5.34. The Morgan fingerprint density at radius 3 is 2.24 bits per heavy atom. The highest BCUT2D eigenvalue weighted by Crippen LogP contribution is 2.30. The van der Waals surface area contributed by atoms with Crippen LogP contribution < -0.4 is 10.1 Å².